The number of amides is 1. The van der Waals surface area contributed by atoms with Crippen molar-refractivity contribution in [1.82, 2.24) is 5.32 Å². The van der Waals surface area contributed by atoms with E-state index >= 15 is 0 Å². The van der Waals surface area contributed by atoms with Crippen LogP contribution in [-0.4, -0.2) is 11.4 Å². The molecule has 0 saturated carbocycles. The molecule has 0 aliphatic carbocycles. The molecule has 0 atom stereocenters. The molecule has 3 aromatic rings. The number of anilines is 3. The molecule has 0 bridgehead atoms. The van der Waals surface area contributed by atoms with Gasteiger partial charge in [-0.3, -0.25) is 10.1 Å². The lowest BCUT2D eigenvalue weighted by molar-refractivity contribution is -0.123. The van der Waals surface area contributed by atoms with E-state index < -0.39 is 5.54 Å². The maximum atomic E-state index is 11.5. The fourth-order valence-electron chi connectivity index (χ4n) is 2.77. The minimum atomic E-state index is -0.737. The van der Waals surface area contributed by atoms with E-state index in [1.165, 1.54) is 0 Å². The first-order chi connectivity index (χ1) is 13.0. The molecule has 27 heavy (non-hydrogen) atoms. The Labute approximate surface area is 160 Å². The van der Waals surface area contributed by atoms with Gasteiger partial charge >= 0.3 is 0 Å². The van der Waals surface area contributed by atoms with Crippen LogP contribution >= 0.6 is 0 Å². The Bertz CT molecular complexity index is 835. The summed E-state index contributed by atoms with van der Waals surface area (Å²) in [6.07, 6.45) is 0. The zero-order chi connectivity index (χ0) is 19.3. The summed E-state index contributed by atoms with van der Waals surface area (Å²) in [5, 5.41) is 3.20. The highest BCUT2D eigenvalue weighted by Gasteiger charge is 2.23. The van der Waals surface area contributed by atoms with Gasteiger partial charge in [0.25, 0.3) is 0 Å². The molecule has 0 saturated heterocycles. The lowest BCUT2D eigenvalue weighted by atomic mass is 10.0. The Morgan fingerprint density at radius 3 is 1.70 bits per heavy atom. The van der Waals surface area contributed by atoms with Crippen LogP contribution < -0.4 is 16.0 Å². The Morgan fingerprint density at radius 2 is 1.26 bits per heavy atom. The molecule has 0 unspecified atom stereocenters. The van der Waals surface area contributed by atoms with E-state index in [2.05, 4.69) is 58.7 Å². The van der Waals surface area contributed by atoms with Crippen molar-refractivity contribution in [3.8, 4) is 0 Å². The van der Waals surface area contributed by atoms with Gasteiger partial charge in [-0.15, -0.1) is 0 Å². The summed E-state index contributed by atoms with van der Waals surface area (Å²) in [5.41, 5.74) is 9.05. The number of hydrogen-bond donors (Lipinski definition) is 2. The van der Waals surface area contributed by atoms with E-state index in [4.69, 9.17) is 5.73 Å². The predicted molar refractivity (Wildman–Crippen MR) is 111 cm³/mol. The molecule has 3 rings (SSSR count). The number of carbonyl (C=O) groups excluding carboxylic acids is 1. The molecule has 3 N–H and O–H groups in total. The highest BCUT2D eigenvalue weighted by molar-refractivity contribution is 5.83. The van der Waals surface area contributed by atoms with Crippen LogP contribution in [0.1, 0.15) is 19.4 Å². The molecule has 1 amide bonds. The monoisotopic (exact) mass is 359 g/mol. The summed E-state index contributed by atoms with van der Waals surface area (Å²) in [6, 6.07) is 28.9. The molecule has 0 aliphatic rings. The minimum Gasteiger partial charge on any atom is -0.368 e. The van der Waals surface area contributed by atoms with Gasteiger partial charge in [-0.25, -0.2) is 0 Å². The van der Waals surface area contributed by atoms with Crippen LogP contribution in [0.4, 0.5) is 17.1 Å². The second-order valence-electron chi connectivity index (χ2n) is 7.02. The number of benzene rings is 3. The number of nitrogens with zero attached hydrogens (tertiary/aromatic N) is 1. The fourth-order valence-corrected chi connectivity index (χ4v) is 2.77. The molecule has 0 aliphatic heterocycles. The Kier molecular flexibility index (Phi) is 5.57. The molecule has 138 valence electrons. The third-order valence-corrected chi connectivity index (χ3v) is 4.57. The van der Waals surface area contributed by atoms with Crippen molar-refractivity contribution in [3.63, 3.8) is 0 Å². The van der Waals surface area contributed by atoms with Gasteiger partial charge in [0.1, 0.15) is 0 Å². The average molecular weight is 359 g/mol. The van der Waals surface area contributed by atoms with Gasteiger partial charge in [-0.05, 0) is 55.8 Å². The second kappa shape index (κ2) is 8.06. The number of primary amides is 1. The third-order valence-electron chi connectivity index (χ3n) is 4.57. The SMILES string of the molecule is CC(C)(NCc1ccc(N(c2ccccc2)c2ccccc2)cc1)C(N)=O. The van der Waals surface area contributed by atoms with Crippen molar-refractivity contribution < 1.29 is 4.79 Å². The predicted octanol–water partition coefficient (Wildman–Crippen LogP) is 4.51. The molecule has 0 spiro atoms. The van der Waals surface area contributed by atoms with Gasteiger partial charge in [0.05, 0.1) is 5.54 Å². The quantitative estimate of drug-likeness (QED) is 0.652. The molecule has 0 heterocycles. The first kappa shape index (κ1) is 18.7. The molecular formula is C23H25N3O. The third kappa shape index (κ3) is 4.54. The molecule has 0 fully saturated rings. The van der Waals surface area contributed by atoms with Crippen LogP contribution in [0.15, 0.2) is 84.9 Å². The topological polar surface area (TPSA) is 58.4 Å². The average Bonchev–Trinajstić information content (AvgIpc) is 2.69. The molecular weight excluding hydrogens is 334 g/mol. The van der Waals surface area contributed by atoms with Gasteiger partial charge in [0.15, 0.2) is 0 Å². The fraction of sp³-hybridized carbons (Fsp3) is 0.174. The van der Waals surface area contributed by atoms with Crippen molar-refractivity contribution in [1.29, 1.82) is 0 Å². The maximum absolute atomic E-state index is 11.5. The largest absolute Gasteiger partial charge is 0.368 e. The first-order valence-corrected chi connectivity index (χ1v) is 9.01. The highest BCUT2D eigenvalue weighted by atomic mass is 16.1. The summed E-state index contributed by atoms with van der Waals surface area (Å²) in [4.78, 5) is 13.7. The van der Waals surface area contributed by atoms with Crippen molar-refractivity contribution >= 4 is 23.0 Å². The lowest BCUT2D eigenvalue weighted by Crippen LogP contribution is -2.50. The Morgan fingerprint density at radius 1 is 0.815 bits per heavy atom. The number of nitrogens with one attached hydrogen (secondary N) is 1. The summed E-state index contributed by atoms with van der Waals surface area (Å²) in [5.74, 6) is -0.363. The Balaban J connectivity index is 1.85. The normalized spacial score (nSPS) is 11.2. The van der Waals surface area contributed by atoms with Crippen molar-refractivity contribution in [2.75, 3.05) is 4.90 Å². The number of rotatable bonds is 7. The van der Waals surface area contributed by atoms with Gasteiger partial charge in [0.2, 0.25) is 5.91 Å². The minimum absolute atomic E-state index is 0.363. The molecule has 4 heteroatoms. The van der Waals surface area contributed by atoms with E-state index in [-0.39, 0.29) is 5.91 Å². The zero-order valence-electron chi connectivity index (χ0n) is 15.7. The number of para-hydroxylation sites is 2. The van der Waals surface area contributed by atoms with Crippen molar-refractivity contribution in [2.24, 2.45) is 5.73 Å². The summed E-state index contributed by atoms with van der Waals surface area (Å²) in [6.45, 7) is 4.15. The number of carbonyl (C=O) groups is 1. The molecule has 4 nitrogen and oxygen atoms in total. The standard InChI is InChI=1S/C23H25N3O/c1-23(2,22(24)27)25-17-18-13-15-21(16-14-18)26(19-9-5-3-6-10-19)20-11-7-4-8-12-20/h3-16,25H,17H2,1-2H3,(H2,24,27). The highest BCUT2D eigenvalue weighted by Crippen LogP contribution is 2.34. The molecule has 0 radical (unpaired) electrons. The van der Waals surface area contributed by atoms with E-state index in [9.17, 15) is 4.79 Å². The van der Waals surface area contributed by atoms with Crippen LogP contribution in [0.2, 0.25) is 0 Å². The first-order valence-electron chi connectivity index (χ1n) is 9.01. The second-order valence-corrected chi connectivity index (χ2v) is 7.02. The van der Waals surface area contributed by atoms with Crippen LogP contribution in [0, 0.1) is 0 Å². The van der Waals surface area contributed by atoms with Crippen molar-refractivity contribution in [3.05, 3.63) is 90.5 Å². The van der Waals surface area contributed by atoms with Gasteiger partial charge in [0, 0.05) is 23.6 Å². The van der Waals surface area contributed by atoms with Crippen molar-refractivity contribution in [2.45, 2.75) is 25.9 Å². The number of hydrogen-bond acceptors (Lipinski definition) is 3. The number of nitrogens with two attached hydrogens (primary N) is 1. The zero-order valence-corrected chi connectivity index (χ0v) is 15.7. The van der Waals surface area contributed by atoms with Crippen LogP contribution in [0.5, 0.6) is 0 Å². The summed E-state index contributed by atoms with van der Waals surface area (Å²) in [7, 11) is 0. The van der Waals surface area contributed by atoms with E-state index in [1.54, 1.807) is 13.8 Å². The van der Waals surface area contributed by atoms with E-state index in [0.29, 0.717) is 6.54 Å². The molecule has 3 aromatic carbocycles. The smallest absolute Gasteiger partial charge is 0.237 e. The van der Waals surface area contributed by atoms with Crippen LogP contribution in [-0.2, 0) is 11.3 Å². The van der Waals surface area contributed by atoms with Crippen LogP contribution in [0.3, 0.4) is 0 Å². The molecule has 0 aromatic heterocycles. The summed E-state index contributed by atoms with van der Waals surface area (Å²) < 4.78 is 0. The van der Waals surface area contributed by atoms with Crippen LogP contribution in [0.25, 0.3) is 0 Å². The summed E-state index contributed by atoms with van der Waals surface area (Å²) >= 11 is 0. The van der Waals surface area contributed by atoms with Gasteiger partial charge in [-0.2, -0.15) is 0 Å². The maximum Gasteiger partial charge on any atom is 0.237 e. The van der Waals surface area contributed by atoms with Gasteiger partial charge < -0.3 is 10.6 Å². The Hall–Kier alpha value is -3.11. The van der Waals surface area contributed by atoms with Gasteiger partial charge in [-0.1, -0.05) is 48.5 Å². The lowest BCUT2D eigenvalue weighted by Gasteiger charge is -2.26. The van der Waals surface area contributed by atoms with E-state index in [0.717, 1.165) is 22.6 Å². The van der Waals surface area contributed by atoms with E-state index in [1.807, 2.05) is 36.4 Å².